The highest BCUT2D eigenvalue weighted by atomic mass is 19.1. The summed E-state index contributed by atoms with van der Waals surface area (Å²) in [7, 11) is 5.46. The van der Waals surface area contributed by atoms with Crippen LogP contribution in [0.1, 0.15) is 87.1 Å². The molecule has 0 radical (unpaired) electrons. The molecule has 3 aliphatic rings. The molecule has 1 aromatic carbocycles. The predicted molar refractivity (Wildman–Crippen MR) is 221 cm³/mol. The topological polar surface area (TPSA) is 166 Å². The van der Waals surface area contributed by atoms with Crippen LogP contribution in [0.5, 0.6) is 0 Å². The minimum Gasteiger partial charge on any atom is -0.456 e. The van der Waals surface area contributed by atoms with Crippen molar-refractivity contribution < 1.29 is 47.6 Å². The molecule has 15 heteroatoms. The molecule has 1 aromatic heterocycles. The van der Waals surface area contributed by atoms with Crippen LogP contribution < -0.4 is 5.73 Å². The van der Waals surface area contributed by atoms with Gasteiger partial charge in [0, 0.05) is 49.8 Å². The standard InChI is InChI=1S/C44H68FN5O9/c1-13-49(12)50-36-27(4)34(46)25(2)24-42(7,55-22-16-17-30-20-21-47-32-19-15-14-18-31(30)32)38(58-39-35(51)33(48(10)11)23-26(3)56-39)28(5)37(52)43(8,45)40(53)57-29(6)44(36,9)59-41(50)54/h14-15,18-21,25-29,33-36,38-39,51H,13,16-17,22-24,46H2,1-12H3/t25-,26-,27-,28+,29+,33+,34?,35-,36-,38-,39+,42+,43?,44-/m1/s1. The lowest BCUT2D eigenvalue weighted by atomic mass is 9.72. The van der Waals surface area contributed by atoms with Crippen molar-refractivity contribution in [1.29, 1.82) is 0 Å². The normalized spacial score (nSPS) is 39.0. The largest absolute Gasteiger partial charge is 0.456 e. The summed E-state index contributed by atoms with van der Waals surface area (Å²) in [4.78, 5) is 48.5. The number of rotatable bonds is 10. The maximum atomic E-state index is 17.0. The van der Waals surface area contributed by atoms with E-state index in [4.69, 9.17) is 29.4 Å². The number of ketones is 1. The number of para-hydroxylation sites is 1. The van der Waals surface area contributed by atoms with E-state index in [1.54, 1.807) is 25.2 Å². The lowest BCUT2D eigenvalue weighted by Gasteiger charge is -2.48. The van der Waals surface area contributed by atoms with Gasteiger partial charge in [0.25, 0.3) is 5.67 Å². The number of fused-ring (bicyclic) bond motifs is 2. The van der Waals surface area contributed by atoms with E-state index >= 15 is 4.39 Å². The van der Waals surface area contributed by atoms with Crippen LogP contribution in [0.4, 0.5) is 9.18 Å². The Morgan fingerprint density at radius 1 is 1.05 bits per heavy atom. The number of Topliss-reactive ketones (excluding diaryl/α,β-unsaturated/α-hetero) is 1. The highest BCUT2D eigenvalue weighted by Crippen LogP contribution is 2.44. The fraction of sp³-hybridized carbons (Fsp3) is 0.727. The number of cyclic esters (lactones) is 1. The van der Waals surface area contributed by atoms with E-state index < -0.39 is 83.2 Å². The zero-order valence-electron chi connectivity index (χ0n) is 37.0. The first-order chi connectivity index (χ1) is 27.6. The van der Waals surface area contributed by atoms with Gasteiger partial charge in [-0.25, -0.2) is 24.0 Å². The van der Waals surface area contributed by atoms with Gasteiger partial charge in [-0.3, -0.25) is 9.78 Å². The summed E-state index contributed by atoms with van der Waals surface area (Å²) in [6.45, 7) is 15.7. The van der Waals surface area contributed by atoms with Crippen LogP contribution in [0.2, 0.25) is 0 Å². The Hall–Kier alpha value is -3.31. The van der Waals surface area contributed by atoms with Crippen molar-refractivity contribution in [3.8, 4) is 0 Å². The summed E-state index contributed by atoms with van der Waals surface area (Å²) in [6, 6.07) is 8.19. The van der Waals surface area contributed by atoms with E-state index in [-0.39, 0.29) is 31.1 Å². The van der Waals surface area contributed by atoms with Crippen molar-refractivity contribution in [2.75, 3.05) is 34.3 Å². The molecule has 330 valence electrons. The number of pyridine rings is 1. The maximum Gasteiger partial charge on any atom is 0.425 e. The monoisotopic (exact) mass is 830 g/mol. The summed E-state index contributed by atoms with van der Waals surface area (Å²) >= 11 is 0. The Bertz CT molecular complexity index is 1800. The molecular formula is C44H68FN5O9. The summed E-state index contributed by atoms with van der Waals surface area (Å²) in [5, 5.41) is 15.9. The Labute approximate surface area is 349 Å². The van der Waals surface area contributed by atoms with E-state index in [1.807, 2.05) is 83.9 Å². The van der Waals surface area contributed by atoms with Gasteiger partial charge in [0.1, 0.15) is 12.2 Å². The van der Waals surface area contributed by atoms with E-state index in [1.165, 1.54) is 18.9 Å². The molecular weight excluding hydrogens is 762 g/mol. The first-order valence-corrected chi connectivity index (χ1v) is 21.1. The second kappa shape index (κ2) is 18.3. The van der Waals surface area contributed by atoms with Crippen LogP contribution in [0.25, 0.3) is 10.9 Å². The van der Waals surface area contributed by atoms with E-state index in [9.17, 15) is 19.5 Å². The number of benzene rings is 1. The molecule has 3 aliphatic heterocycles. The zero-order chi connectivity index (χ0) is 43.8. The molecule has 0 bridgehead atoms. The minimum absolute atomic E-state index is 0.208. The number of alkyl halides is 1. The molecule has 0 spiro atoms. The number of ether oxygens (including phenoxy) is 5. The van der Waals surface area contributed by atoms with Crippen LogP contribution in [0.3, 0.4) is 0 Å². The van der Waals surface area contributed by atoms with E-state index in [0.717, 1.165) is 23.4 Å². The lowest BCUT2D eigenvalue weighted by molar-refractivity contribution is -0.298. The molecule has 4 heterocycles. The van der Waals surface area contributed by atoms with Crippen molar-refractivity contribution in [2.45, 2.75) is 154 Å². The first kappa shape index (κ1) is 46.8. The quantitative estimate of drug-likeness (QED) is 0.186. The number of aliphatic hydroxyl groups is 1. The van der Waals surface area contributed by atoms with Gasteiger partial charge in [-0.05, 0) is 104 Å². The van der Waals surface area contributed by atoms with Crippen molar-refractivity contribution in [2.24, 2.45) is 23.5 Å². The summed E-state index contributed by atoms with van der Waals surface area (Å²) in [5.41, 5.74) is 3.20. The van der Waals surface area contributed by atoms with Gasteiger partial charge in [0.2, 0.25) is 0 Å². The number of amides is 1. The molecule has 0 aliphatic carbocycles. The number of carbonyl (C=O) groups excluding carboxylic acids is 3. The second-order valence-corrected chi connectivity index (χ2v) is 18.0. The second-order valence-electron chi connectivity index (χ2n) is 18.0. The van der Waals surface area contributed by atoms with Crippen molar-refractivity contribution in [3.63, 3.8) is 0 Å². The number of nitrogens with zero attached hydrogens (tertiary/aromatic N) is 4. The molecule has 2 aromatic rings. The highest BCUT2D eigenvalue weighted by Gasteiger charge is 2.62. The summed E-state index contributed by atoms with van der Waals surface area (Å²) in [5.74, 6) is -4.67. The van der Waals surface area contributed by atoms with Gasteiger partial charge in [-0.15, -0.1) is 0 Å². The van der Waals surface area contributed by atoms with Crippen LogP contribution in [0, 0.1) is 17.8 Å². The third-order valence-corrected chi connectivity index (χ3v) is 13.4. The maximum absolute atomic E-state index is 17.0. The van der Waals surface area contributed by atoms with Crippen molar-refractivity contribution >= 4 is 28.7 Å². The Kier molecular flexibility index (Phi) is 14.5. The van der Waals surface area contributed by atoms with Crippen molar-refractivity contribution in [3.05, 3.63) is 42.1 Å². The number of hydrazine groups is 1. The molecule has 3 N–H and O–H groups in total. The number of aromatic nitrogens is 1. The van der Waals surface area contributed by atoms with Gasteiger partial charge in [0.15, 0.2) is 17.7 Å². The Morgan fingerprint density at radius 2 is 1.73 bits per heavy atom. The fourth-order valence-corrected chi connectivity index (χ4v) is 9.57. The van der Waals surface area contributed by atoms with Crippen LogP contribution in [-0.4, -0.2) is 143 Å². The molecule has 3 fully saturated rings. The molecule has 14 atom stereocenters. The Morgan fingerprint density at radius 3 is 2.39 bits per heavy atom. The van der Waals surface area contributed by atoms with Gasteiger partial charge in [-0.2, -0.15) is 0 Å². The molecule has 5 rings (SSSR count). The third-order valence-electron chi connectivity index (χ3n) is 13.4. The van der Waals surface area contributed by atoms with Crippen LogP contribution >= 0.6 is 0 Å². The van der Waals surface area contributed by atoms with Gasteiger partial charge < -0.3 is 39.4 Å². The molecule has 59 heavy (non-hydrogen) atoms. The molecule has 2 unspecified atom stereocenters. The summed E-state index contributed by atoms with van der Waals surface area (Å²) < 4.78 is 48.7. The average molecular weight is 830 g/mol. The number of esters is 1. The number of carbonyl (C=O) groups is 3. The number of halogens is 1. The number of nitrogens with two attached hydrogens (primary N) is 1. The number of hydrogen-bond donors (Lipinski definition) is 2. The smallest absolute Gasteiger partial charge is 0.425 e. The average Bonchev–Trinajstić information content (AvgIpc) is 3.47. The van der Waals surface area contributed by atoms with Gasteiger partial charge in [0.05, 0.1) is 29.4 Å². The van der Waals surface area contributed by atoms with E-state index in [2.05, 4.69) is 4.98 Å². The Balaban J connectivity index is 1.59. The molecule has 0 saturated carbocycles. The number of likely N-dealkylation sites (N-methyl/N-ethyl adjacent to an activating group) is 1. The van der Waals surface area contributed by atoms with Gasteiger partial charge in [-0.1, -0.05) is 45.9 Å². The zero-order valence-corrected chi connectivity index (χ0v) is 37.0. The molecule has 3 saturated heterocycles. The fourth-order valence-electron chi connectivity index (χ4n) is 9.57. The number of aliphatic hydroxyl groups excluding tert-OH is 1. The molecule has 14 nitrogen and oxygen atoms in total. The number of aryl methyl sites for hydroxylation is 1. The van der Waals surface area contributed by atoms with Crippen LogP contribution in [0.15, 0.2) is 36.5 Å². The summed E-state index contributed by atoms with van der Waals surface area (Å²) in [6.07, 6.45) is -2.04. The predicted octanol–water partition coefficient (Wildman–Crippen LogP) is 5.07. The lowest BCUT2D eigenvalue weighted by Crippen LogP contribution is -2.63. The minimum atomic E-state index is -3.16. The highest BCUT2D eigenvalue weighted by molar-refractivity contribution is 6.07. The molecule has 1 amide bonds. The number of hydrogen-bond acceptors (Lipinski definition) is 13. The van der Waals surface area contributed by atoms with Gasteiger partial charge >= 0.3 is 12.1 Å². The third kappa shape index (κ3) is 9.31. The van der Waals surface area contributed by atoms with E-state index in [0.29, 0.717) is 25.8 Å². The van der Waals surface area contributed by atoms with Crippen molar-refractivity contribution in [1.82, 2.24) is 19.9 Å². The SMILES string of the molecule is CCN(C)N1C(=O)O[C@]2(C)[C@H](C)OC(=O)C(C)(F)C(=O)[C@H](C)[C@@H](O[C@@H]3O[C@H](C)C[C@H](N(C)C)[C@H]3O)[C@@](C)(OCCCc3ccnc4ccccc34)C[C@@H](C)C(N)[C@@H](C)[C@@H]12. The van der Waals surface area contributed by atoms with Crippen LogP contribution in [-0.2, 0) is 39.7 Å². The first-order valence-electron chi connectivity index (χ1n) is 21.1.